The first-order chi connectivity index (χ1) is 11.1. The van der Waals surface area contributed by atoms with Crippen LogP contribution in [0.4, 0.5) is 5.69 Å². The van der Waals surface area contributed by atoms with Crippen molar-refractivity contribution in [1.29, 1.82) is 0 Å². The van der Waals surface area contributed by atoms with Crippen LogP contribution in [0.15, 0.2) is 28.7 Å². The highest BCUT2D eigenvalue weighted by molar-refractivity contribution is 9.10. The minimum absolute atomic E-state index is 0.0356. The van der Waals surface area contributed by atoms with Crippen LogP contribution in [0.5, 0.6) is 0 Å². The van der Waals surface area contributed by atoms with Crippen molar-refractivity contribution in [3.05, 3.63) is 28.7 Å². The molecule has 1 aromatic rings. The third kappa shape index (κ3) is 5.93. The Morgan fingerprint density at radius 2 is 2.04 bits per heavy atom. The van der Waals surface area contributed by atoms with Crippen molar-refractivity contribution in [3.63, 3.8) is 0 Å². The second-order valence-electron chi connectivity index (χ2n) is 5.71. The molecule has 1 saturated heterocycles. The smallest absolute Gasteiger partial charge is 0.238 e. The number of benzene rings is 1. The standard InChI is InChI=1S/C16H23BrN4O2/c17-13-3-5-14(6-4-13)20-15(22)11-21-9-1-2-12(10-21)16(23)19-8-7-18/h3-6,12H,1-2,7-11,18H2,(H,19,23)(H,20,22). The molecule has 1 unspecified atom stereocenters. The second kappa shape index (κ2) is 9.00. The lowest BCUT2D eigenvalue weighted by molar-refractivity contribution is -0.127. The van der Waals surface area contributed by atoms with E-state index < -0.39 is 0 Å². The molecule has 1 atom stereocenters. The molecule has 6 nitrogen and oxygen atoms in total. The van der Waals surface area contributed by atoms with Crippen molar-refractivity contribution in [1.82, 2.24) is 10.2 Å². The Morgan fingerprint density at radius 3 is 2.74 bits per heavy atom. The average Bonchev–Trinajstić information content (AvgIpc) is 2.55. The van der Waals surface area contributed by atoms with Crippen LogP contribution in [0, 0.1) is 5.92 Å². The maximum absolute atomic E-state index is 12.1. The fraction of sp³-hybridized carbons (Fsp3) is 0.500. The summed E-state index contributed by atoms with van der Waals surface area (Å²) in [5, 5.41) is 5.70. The Labute approximate surface area is 144 Å². The van der Waals surface area contributed by atoms with E-state index in [9.17, 15) is 9.59 Å². The summed E-state index contributed by atoms with van der Waals surface area (Å²) in [5.74, 6) is -0.0837. The molecule has 1 aromatic carbocycles. The van der Waals surface area contributed by atoms with Gasteiger partial charge in [0, 0.05) is 29.8 Å². The van der Waals surface area contributed by atoms with Crippen molar-refractivity contribution in [3.8, 4) is 0 Å². The second-order valence-corrected chi connectivity index (χ2v) is 6.62. The predicted molar refractivity (Wildman–Crippen MR) is 94.0 cm³/mol. The zero-order valence-electron chi connectivity index (χ0n) is 13.1. The van der Waals surface area contributed by atoms with Crippen LogP contribution in [-0.4, -0.2) is 49.4 Å². The van der Waals surface area contributed by atoms with Gasteiger partial charge in [0.1, 0.15) is 0 Å². The maximum atomic E-state index is 12.1. The van der Waals surface area contributed by atoms with E-state index in [0.29, 0.717) is 26.2 Å². The van der Waals surface area contributed by atoms with Crippen molar-refractivity contribution in [2.75, 3.05) is 38.0 Å². The summed E-state index contributed by atoms with van der Waals surface area (Å²) in [7, 11) is 0. The quantitative estimate of drug-likeness (QED) is 0.689. The number of rotatable bonds is 6. The predicted octanol–water partition coefficient (Wildman–Crippen LogP) is 1.17. The first-order valence-corrected chi connectivity index (χ1v) is 8.63. The Balaban J connectivity index is 1.81. The number of likely N-dealkylation sites (tertiary alicyclic amines) is 1. The minimum atomic E-state index is -0.0599. The number of carbonyl (C=O) groups is 2. The zero-order valence-corrected chi connectivity index (χ0v) is 14.6. The molecule has 1 aliphatic heterocycles. The van der Waals surface area contributed by atoms with Gasteiger partial charge in [0.15, 0.2) is 0 Å². The molecule has 4 N–H and O–H groups in total. The summed E-state index contributed by atoms with van der Waals surface area (Å²) in [6.07, 6.45) is 1.79. The first-order valence-electron chi connectivity index (χ1n) is 7.84. The Kier molecular flexibility index (Phi) is 7.01. The highest BCUT2D eigenvalue weighted by atomic mass is 79.9. The number of piperidine rings is 1. The molecule has 0 spiro atoms. The van der Waals surface area contributed by atoms with Crippen LogP contribution in [0.3, 0.4) is 0 Å². The van der Waals surface area contributed by atoms with Gasteiger partial charge >= 0.3 is 0 Å². The molecule has 7 heteroatoms. The number of anilines is 1. The summed E-state index contributed by atoms with van der Waals surface area (Å²) in [4.78, 5) is 26.2. The van der Waals surface area contributed by atoms with Gasteiger partial charge in [-0.3, -0.25) is 14.5 Å². The molecule has 2 amide bonds. The maximum Gasteiger partial charge on any atom is 0.238 e. The SMILES string of the molecule is NCCNC(=O)C1CCCN(CC(=O)Nc2ccc(Br)cc2)C1. The normalized spacial score (nSPS) is 18.4. The number of carbonyl (C=O) groups excluding carboxylic acids is 2. The third-order valence-electron chi connectivity index (χ3n) is 3.82. The van der Waals surface area contributed by atoms with Crippen LogP contribution >= 0.6 is 15.9 Å². The van der Waals surface area contributed by atoms with Gasteiger partial charge in [-0.1, -0.05) is 15.9 Å². The molecule has 0 radical (unpaired) electrons. The van der Waals surface area contributed by atoms with E-state index >= 15 is 0 Å². The molecule has 126 valence electrons. The lowest BCUT2D eigenvalue weighted by atomic mass is 9.97. The fourth-order valence-corrected chi connectivity index (χ4v) is 2.95. The molecule has 1 fully saturated rings. The van der Waals surface area contributed by atoms with Gasteiger partial charge in [-0.25, -0.2) is 0 Å². The minimum Gasteiger partial charge on any atom is -0.355 e. The number of nitrogens with two attached hydrogens (primary N) is 1. The van der Waals surface area contributed by atoms with Gasteiger partial charge in [0.05, 0.1) is 12.5 Å². The van der Waals surface area contributed by atoms with E-state index in [2.05, 4.69) is 26.6 Å². The van der Waals surface area contributed by atoms with Crippen LogP contribution in [0.25, 0.3) is 0 Å². The molecular formula is C16H23BrN4O2. The lowest BCUT2D eigenvalue weighted by Gasteiger charge is -2.31. The van der Waals surface area contributed by atoms with E-state index in [1.54, 1.807) is 0 Å². The highest BCUT2D eigenvalue weighted by Gasteiger charge is 2.26. The number of nitrogens with one attached hydrogen (secondary N) is 2. The molecule has 0 saturated carbocycles. The van der Waals surface area contributed by atoms with Crippen LogP contribution in [0.2, 0.25) is 0 Å². The molecule has 23 heavy (non-hydrogen) atoms. The largest absolute Gasteiger partial charge is 0.355 e. The summed E-state index contributed by atoms with van der Waals surface area (Å²) in [5.41, 5.74) is 6.17. The number of hydrogen-bond acceptors (Lipinski definition) is 4. The monoisotopic (exact) mass is 382 g/mol. The fourth-order valence-electron chi connectivity index (χ4n) is 2.69. The highest BCUT2D eigenvalue weighted by Crippen LogP contribution is 2.17. The Morgan fingerprint density at radius 1 is 1.30 bits per heavy atom. The molecule has 1 heterocycles. The topological polar surface area (TPSA) is 87.5 Å². The van der Waals surface area contributed by atoms with E-state index in [0.717, 1.165) is 29.5 Å². The number of nitrogens with zero attached hydrogens (tertiary/aromatic N) is 1. The van der Waals surface area contributed by atoms with Crippen LogP contribution in [-0.2, 0) is 9.59 Å². The summed E-state index contributed by atoms with van der Waals surface area (Å²) >= 11 is 3.36. The van der Waals surface area contributed by atoms with Gasteiger partial charge in [0.25, 0.3) is 0 Å². The molecule has 0 bridgehead atoms. The van der Waals surface area contributed by atoms with Gasteiger partial charge in [-0.15, -0.1) is 0 Å². The van der Waals surface area contributed by atoms with Crippen molar-refractivity contribution >= 4 is 33.4 Å². The van der Waals surface area contributed by atoms with E-state index in [1.165, 1.54) is 0 Å². The summed E-state index contributed by atoms with van der Waals surface area (Å²) < 4.78 is 0.970. The van der Waals surface area contributed by atoms with Gasteiger partial charge < -0.3 is 16.4 Å². The summed E-state index contributed by atoms with van der Waals surface area (Å²) in [6, 6.07) is 7.46. The van der Waals surface area contributed by atoms with Gasteiger partial charge in [-0.05, 0) is 43.7 Å². The van der Waals surface area contributed by atoms with E-state index in [4.69, 9.17) is 5.73 Å². The summed E-state index contributed by atoms with van der Waals surface area (Å²) in [6.45, 7) is 2.70. The zero-order chi connectivity index (χ0) is 16.7. The third-order valence-corrected chi connectivity index (χ3v) is 4.34. The van der Waals surface area contributed by atoms with Crippen molar-refractivity contribution < 1.29 is 9.59 Å². The lowest BCUT2D eigenvalue weighted by Crippen LogP contribution is -2.46. The van der Waals surface area contributed by atoms with Crippen LogP contribution < -0.4 is 16.4 Å². The Bertz CT molecular complexity index is 535. The molecule has 1 aliphatic rings. The number of halogens is 1. The number of amides is 2. The molecular weight excluding hydrogens is 360 g/mol. The van der Waals surface area contributed by atoms with Crippen LogP contribution in [0.1, 0.15) is 12.8 Å². The Hall–Kier alpha value is -1.44. The average molecular weight is 383 g/mol. The van der Waals surface area contributed by atoms with Gasteiger partial charge in [-0.2, -0.15) is 0 Å². The van der Waals surface area contributed by atoms with Crippen molar-refractivity contribution in [2.24, 2.45) is 11.7 Å². The van der Waals surface area contributed by atoms with E-state index in [1.807, 2.05) is 29.2 Å². The van der Waals surface area contributed by atoms with E-state index in [-0.39, 0.29) is 17.7 Å². The first kappa shape index (κ1) is 17.9. The molecule has 2 rings (SSSR count). The number of hydrogen-bond donors (Lipinski definition) is 3. The van der Waals surface area contributed by atoms with Crippen molar-refractivity contribution in [2.45, 2.75) is 12.8 Å². The molecule has 0 aliphatic carbocycles. The molecule has 0 aromatic heterocycles. The van der Waals surface area contributed by atoms with Gasteiger partial charge in [0.2, 0.25) is 11.8 Å².